The van der Waals surface area contributed by atoms with E-state index in [1.54, 1.807) is 0 Å². The van der Waals surface area contributed by atoms with Crippen LogP contribution in [0.3, 0.4) is 0 Å². The molecule has 0 atom stereocenters. The van der Waals surface area contributed by atoms with Gasteiger partial charge in [-0.15, -0.1) is 0 Å². The van der Waals surface area contributed by atoms with Crippen LogP contribution in [0.1, 0.15) is 26.3 Å². The van der Waals surface area contributed by atoms with Crippen molar-refractivity contribution in [1.82, 2.24) is 0 Å². The third-order valence-corrected chi connectivity index (χ3v) is 2.68. The van der Waals surface area contributed by atoms with Gasteiger partial charge in [0.2, 0.25) is 0 Å². The van der Waals surface area contributed by atoms with Crippen LogP contribution in [0.4, 0.5) is 5.69 Å². The van der Waals surface area contributed by atoms with Crippen molar-refractivity contribution in [3.63, 3.8) is 0 Å². The van der Waals surface area contributed by atoms with Crippen molar-refractivity contribution in [3.05, 3.63) is 41.1 Å². The van der Waals surface area contributed by atoms with E-state index >= 15 is 0 Å². The van der Waals surface area contributed by atoms with Crippen LogP contribution in [0.15, 0.2) is 40.6 Å². The largest absolute Gasteiger partial charge is 0.402 e. The summed E-state index contributed by atoms with van der Waals surface area (Å²) in [6.45, 7) is 6.29. The van der Waals surface area contributed by atoms with Crippen molar-refractivity contribution in [1.29, 1.82) is 0 Å². The zero-order valence-corrected chi connectivity index (χ0v) is 10.6. The van der Waals surface area contributed by atoms with Crippen molar-refractivity contribution >= 4 is 11.4 Å². The molecule has 0 aliphatic rings. The van der Waals surface area contributed by atoms with E-state index in [9.17, 15) is 0 Å². The monoisotopic (exact) mass is 232 g/mol. The number of nitrogens with zero attached hydrogens (tertiary/aromatic N) is 1. The molecular formula is C13H20N4. The molecule has 0 bridgehead atoms. The second-order valence-corrected chi connectivity index (χ2v) is 4.02. The second kappa shape index (κ2) is 6.06. The molecule has 0 radical (unpaired) electrons. The lowest BCUT2D eigenvalue weighted by Gasteiger charge is -2.05. The normalized spacial score (nSPS) is 13.3. The van der Waals surface area contributed by atoms with Crippen molar-refractivity contribution in [2.24, 2.45) is 16.6 Å². The lowest BCUT2D eigenvalue weighted by atomic mass is 10.2. The van der Waals surface area contributed by atoms with Crippen molar-refractivity contribution < 1.29 is 0 Å². The lowest BCUT2D eigenvalue weighted by molar-refractivity contribution is 1.07. The molecule has 1 aromatic rings. The van der Waals surface area contributed by atoms with Gasteiger partial charge in [-0.2, -0.15) is 5.10 Å². The topological polar surface area (TPSA) is 76.4 Å². The van der Waals surface area contributed by atoms with Crippen LogP contribution in [0.5, 0.6) is 0 Å². The minimum Gasteiger partial charge on any atom is -0.402 e. The van der Waals surface area contributed by atoms with Gasteiger partial charge in [0.25, 0.3) is 0 Å². The molecule has 0 amide bonds. The Bertz CT molecular complexity index is 425. The van der Waals surface area contributed by atoms with Gasteiger partial charge in [0.1, 0.15) is 0 Å². The maximum atomic E-state index is 5.70. The van der Waals surface area contributed by atoms with Gasteiger partial charge in [0.05, 0.1) is 11.4 Å². The zero-order chi connectivity index (χ0) is 12.8. The molecule has 0 aromatic heterocycles. The summed E-state index contributed by atoms with van der Waals surface area (Å²) in [5.74, 6) is 0. The summed E-state index contributed by atoms with van der Waals surface area (Å²) in [5.41, 5.74) is 18.9. The predicted octanol–water partition coefficient (Wildman–Crippen LogP) is 2.19. The Morgan fingerprint density at radius 3 is 2.24 bits per heavy atom. The van der Waals surface area contributed by atoms with Crippen LogP contribution in [-0.4, -0.2) is 5.71 Å². The van der Waals surface area contributed by atoms with Gasteiger partial charge < -0.3 is 11.5 Å². The third-order valence-electron chi connectivity index (χ3n) is 2.68. The summed E-state index contributed by atoms with van der Waals surface area (Å²) in [6.07, 6.45) is 0. The Morgan fingerprint density at radius 1 is 1.18 bits per heavy atom. The standard InChI is InChI=1S/C13H20N4/c1-9(10(2)15)11(3)16-17-13-6-4-12(8-14)5-7-13/h4-7,17H,8,14-15H2,1-3H3. The summed E-state index contributed by atoms with van der Waals surface area (Å²) >= 11 is 0. The summed E-state index contributed by atoms with van der Waals surface area (Å²) in [7, 11) is 0. The fourth-order valence-corrected chi connectivity index (χ4v) is 1.23. The molecule has 0 unspecified atom stereocenters. The molecule has 92 valence electrons. The molecule has 0 aliphatic carbocycles. The molecule has 0 fully saturated rings. The number of hydrazone groups is 1. The van der Waals surface area contributed by atoms with Gasteiger partial charge in [-0.25, -0.2) is 0 Å². The maximum Gasteiger partial charge on any atom is 0.0622 e. The van der Waals surface area contributed by atoms with Crippen LogP contribution >= 0.6 is 0 Å². The van der Waals surface area contributed by atoms with Crippen molar-refractivity contribution in [2.75, 3.05) is 5.43 Å². The van der Waals surface area contributed by atoms with Gasteiger partial charge in [-0.1, -0.05) is 12.1 Å². The van der Waals surface area contributed by atoms with Gasteiger partial charge in [-0.05, 0) is 44.0 Å². The highest BCUT2D eigenvalue weighted by Crippen LogP contribution is 2.09. The highest BCUT2D eigenvalue weighted by atomic mass is 15.3. The van der Waals surface area contributed by atoms with E-state index in [0.29, 0.717) is 6.54 Å². The van der Waals surface area contributed by atoms with Gasteiger partial charge in [-0.3, -0.25) is 5.43 Å². The fourth-order valence-electron chi connectivity index (χ4n) is 1.23. The SMILES string of the molecule is CC(=NNc1ccc(CN)cc1)C(C)=C(C)N. The molecule has 1 aromatic carbocycles. The number of anilines is 1. The molecule has 1 rings (SSSR count). The van der Waals surface area contributed by atoms with E-state index in [0.717, 1.165) is 28.2 Å². The Kier molecular flexibility index (Phi) is 4.72. The average Bonchev–Trinajstić information content (AvgIpc) is 2.35. The molecule has 4 heteroatoms. The molecule has 0 saturated heterocycles. The minimum atomic E-state index is 0.552. The number of benzene rings is 1. The molecule has 5 N–H and O–H groups in total. The Labute approximate surface area is 102 Å². The highest BCUT2D eigenvalue weighted by Gasteiger charge is 1.98. The Balaban J connectivity index is 2.72. The van der Waals surface area contributed by atoms with E-state index in [1.807, 2.05) is 45.0 Å². The first-order valence-corrected chi connectivity index (χ1v) is 5.57. The first kappa shape index (κ1) is 13.3. The number of nitrogens with one attached hydrogen (secondary N) is 1. The molecule has 4 nitrogen and oxygen atoms in total. The van der Waals surface area contributed by atoms with E-state index in [4.69, 9.17) is 11.5 Å². The lowest BCUT2D eigenvalue weighted by Crippen LogP contribution is -2.05. The summed E-state index contributed by atoms with van der Waals surface area (Å²) in [5, 5.41) is 4.27. The Morgan fingerprint density at radius 2 is 1.76 bits per heavy atom. The average molecular weight is 232 g/mol. The number of nitrogens with two attached hydrogens (primary N) is 2. The van der Waals surface area contributed by atoms with Crippen LogP contribution < -0.4 is 16.9 Å². The van der Waals surface area contributed by atoms with E-state index in [-0.39, 0.29) is 0 Å². The quantitative estimate of drug-likeness (QED) is 0.550. The van der Waals surface area contributed by atoms with Crippen molar-refractivity contribution in [2.45, 2.75) is 27.3 Å². The van der Waals surface area contributed by atoms with Crippen LogP contribution in [-0.2, 0) is 6.54 Å². The second-order valence-electron chi connectivity index (χ2n) is 4.02. The number of hydrogen-bond donors (Lipinski definition) is 3. The summed E-state index contributed by atoms with van der Waals surface area (Å²) in [6, 6.07) is 7.86. The first-order chi connectivity index (χ1) is 8.04. The van der Waals surface area contributed by atoms with E-state index in [2.05, 4.69) is 10.5 Å². The predicted molar refractivity (Wildman–Crippen MR) is 73.6 cm³/mol. The maximum absolute atomic E-state index is 5.70. The molecule has 0 aliphatic heterocycles. The Hall–Kier alpha value is -1.81. The fraction of sp³-hybridized carbons (Fsp3) is 0.308. The minimum absolute atomic E-state index is 0.552. The highest BCUT2D eigenvalue weighted by molar-refractivity contribution is 5.98. The number of hydrogen-bond acceptors (Lipinski definition) is 4. The molecule has 17 heavy (non-hydrogen) atoms. The van der Waals surface area contributed by atoms with Gasteiger partial charge in [0, 0.05) is 12.2 Å². The smallest absolute Gasteiger partial charge is 0.0622 e. The van der Waals surface area contributed by atoms with E-state index in [1.165, 1.54) is 0 Å². The van der Waals surface area contributed by atoms with E-state index < -0.39 is 0 Å². The van der Waals surface area contributed by atoms with Gasteiger partial charge in [0.15, 0.2) is 0 Å². The summed E-state index contributed by atoms with van der Waals surface area (Å²) in [4.78, 5) is 0. The third kappa shape index (κ3) is 3.92. The number of allylic oxidation sites excluding steroid dienone is 2. The molecule has 0 saturated carbocycles. The summed E-state index contributed by atoms with van der Waals surface area (Å²) < 4.78 is 0. The number of rotatable bonds is 4. The zero-order valence-electron chi connectivity index (χ0n) is 10.6. The van der Waals surface area contributed by atoms with Gasteiger partial charge >= 0.3 is 0 Å². The molecule has 0 heterocycles. The molecule has 0 spiro atoms. The van der Waals surface area contributed by atoms with Crippen LogP contribution in [0, 0.1) is 0 Å². The van der Waals surface area contributed by atoms with Crippen LogP contribution in [0.2, 0.25) is 0 Å². The van der Waals surface area contributed by atoms with Crippen LogP contribution in [0.25, 0.3) is 0 Å². The first-order valence-electron chi connectivity index (χ1n) is 5.57. The van der Waals surface area contributed by atoms with Crippen molar-refractivity contribution in [3.8, 4) is 0 Å². The molecular weight excluding hydrogens is 212 g/mol.